The van der Waals surface area contributed by atoms with Gasteiger partial charge in [-0.15, -0.1) is 11.6 Å². The minimum absolute atomic E-state index is 0.0688. The van der Waals surface area contributed by atoms with E-state index in [4.69, 9.17) is 23.2 Å². The maximum atomic E-state index is 12.5. The third-order valence-electron chi connectivity index (χ3n) is 1.87. The number of rotatable bonds is 3. The lowest BCUT2D eigenvalue weighted by molar-refractivity contribution is 0.0599. The fourth-order valence-corrected chi connectivity index (χ4v) is 1.65. The molecule has 0 aliphatic rings. The molecule has 7 heteroatoms. The van der Waals surface area contributed by atoms with Gasteiger partial charge in [0, 0.05) is 17.6 Å². The van der Waals surface area contributed by atoms with Crippen molar-refractivity contribution in [3.8, 4) is 0 Å². The van der Waals surface area contributed by atoms with E-state index in [0.717, 1.165) is 13.3 Å². The second-order valence-electron chi connectivity index (χ2n) is 2.78. The van der Waals surface area contributed by atoms with Gasteiger partial charge in [0.2, 0.25) is 0 Å². The molecule has 0 unspecified atom stereocenters. The Hall–Kier alpha value is -0.940. The summed E-state index contributed by atoms with van der Waals surface area (Å²) < 4.78 is 29.4. The van der Waals surface area contributed by atoms with Crippen LogP contribution in [-0.4, -0.2) is 18.1 Å². The van der Waals surface area contributed by atoms with Crippen molar-refractivity contribution in [2.75, 3.05) is 7.11 Å². The summed E-state index contributed by atoms with van der Waals surface area (Å²) in [6.45, 7) is 0. The number of esters is 1. The third kappa shape index (κ3) is 2.41. The molecule has 1 heterocycles. The van der Waals surface area contributed by atoms with E-state index in [2.05, 4.69) is 9.72 Å². The predicted molar refractivity (Wildman–Crippen MR) is 55.1 cm³/mol. The van der Waals surface area contributed by atoms with E-state index in [9.17, 15) is 13.6 Å². The van der Waals surface area contributed by atoms with Crippen LogP contribution in [0.1, 0.15) is 28.0 Å². The van der Waals surface area contributed by atoms with Gasteiger partial charge in [-0.2, -0.15) is 0 Å². The summed E-state index contributed by atoms with van der Waals surface area (Å²) in [5.74, 6) is -0.884. The van der Waals surface area contributed by atoms with Crippen molar-refractivity contribution in [1.82, 2.24) is 4.98 Å². The standard InChI is InChI=1S/C9H7Cl2F2NO2/c1-16-9(15)5-4(2-10)3-14-7(6(5)11)8(12)13/h3,8H,2H2,1H3. The molecule has 0 radical (unpaired) electrons. The highest BCUT2D eigenvalue weighted by Gasteiger charge is 2.23. The van der Waals surface area contributed by atoms with Gasteiger partial charge in [-0.3, -0.25) is 4.98 Å². The molecule has 0 saturated heterocycles. The zero-order chi connectivity index (χ0) is 12.3. The van der Waals surface area contributed by atoms with Crippen LogP contribution in [0, 0.1) is 0 Å². The van der Waals surface area contributed by atoms with Gasteiger partial charge in [0.05, 0.1) is 17.7 Å². The summed E-state index contributed by atoms with van der Waals surface area (Å²) in [4.78, 5) is 14.8. The number of hydrogen-bond donors (Lipinski definition) is 0. The van der Waals surface area contributed by atoms with Gasteiger partial charge in [-0.25, -0.2) is 13.6 Å². The summed E-state index contributed by atoms with van der Waals surface area (Å²) in [5.41, 5.74) is -0.566. The van der Waals surface area contributed by atoms with Crippen LogP contribution in [0.25, 0.3) is 0 Å². The molecule has 0 bridgehead atoms. The highest BCUT2D eigenvalue weighted by Crippen LogP contribution is 2.30. The van der Waals surface area contributed by atoms with Crippen LogP contribution in [0.4, 0.5) is 8.78 Å². The Morgan fingerprint density at radius 2 is 2.25 bits per heavy atom. The number of nitrogens with zero attached hydrogens (tertiary/aromatic N) is 1. The van der Waals surface area contributed by atoms with E-state index >= 15 is 0 Å². The summed E-state index contributed by atoms with van der Waals surface area (Å²) in [6, 6.07) is 0. The Bertz CT molecular complexity index is 413. The smallest absolute Gasteiger partial charge is 0.339 e. The van der Waals surface area contributed by atoms with Crippen molar-refractivity contribution in [1.29, 1.82) is 0 Å². The molecule has 0 N–H and O–H groups in total. The SMILES string of the molecule is COC(=O)c1c(CCl)cnc(C(F)F)c1Cl. The summed E-state index contributed by atoms with van der Waals surface area (Å²) >= 11 is 11.2. The highest BCUT2D eigenvalue weighted by atomic mass is 35.5. The molecule has 16 heavy (non-hydrogen) atoms. The predicted octanol–water partition coefficient (Wildman–Crippen LogP) is 3.20. The molecule has 0 amide bonds. The van der Waals surface area contributed by atoms with E-state index < -0.39 is 23.1 Å². The largest absolute Gasteiger partial charge is 0.465 e. The van der Waals surface area contributed by atoms with Gasteiger partial charge in [0.1, 0.15) is 5.69 Å². The van der Waals surface area contributed by atoms with E-state index in [1.165, 1.54) is 0 Å². The van der Waals surface area contributed by atoms with Crippen LogP contribution in [0.15, 0.2) is 6.20 Å². The number of alkyl halides is 3. The Morgan fingerprint density at radius 3 is 2.69 bits per heavy atom. The van der Waals surface area contributed by atoms with Crippen molar-refractivity contribution in [3.63, 3.8) is 0 Å². The van der Waals surface area contributed by atoms with E-state index in [1.54, 1.807) is 0 Å². The van der Waals surface area contributed by atoms with Gasteiger partial charge >= 0.3 is 5.97 Å². The van der Waals surface area contributed by atoms with Crippen molar-refractivity contribution < 1.29 is 18.3 Å². The summed E-state index contributed by atoms with van der Waals surface area (Å²) in [6.07, 6.45) is -1.77. The molecule has 0 spiro atoms. The van der Waals surface area contributed by atoms with Crippen LogP contribution in [0.2, 0.25) is 5.02 Å². The van der Waals surface area contributed by atoms with Crippen LogP contribution in [0.3, 0.4) is 0 Å². The van der Waals surface area contributed by atoms with Gasteiger partial charge in [-0.05, 0) is 0 Å². The molecule has 1 aromatic rings. The second-order valence-corrected chi connectivity index (χ2v) is 3.43. The van der Waals surface area contributed by atoms with Crippen molar-refractivity contribution >= 4 is 29.2 Å². The van der Waals surface area contributed by atoms with Crippen molar-refractivity contribution in [2.45, 2.75) is 12.3 Å². The van der Waals surface area contributed by atoms with E-state index in [-0.39, 0.29) is 17.0 Å². The molecule has 0 atom stereocenters. The van der Waals surface area contributed by atoms with Crippen LogP contribution in [-0.2, 0) is 10.6 Å². The first-order chi connectivity index (χ1) is 7.52. The lowest BCUT2D eigenvalue weighted by Crippen LogP contribution is -2.09. The first-order valence-corrected chi connectivity index (χ1v) is 5.03. The van der Waals surface area contributed by atoms with E-state index in [1.807, 2.05) is 0 Å². The molecule has 1 rings (SSSR count). The zero-order valence-electron chi connectivity index (χ0n) is 8.14. The fraction of sp³-hybridized carbons (Fsp3) is 0.333. The second kappa shape index (κ2) is 5.41. The molecular weight excluding hydrogens is 263 g/mol. The molecule has 3 nitrogen and oxygen atoms in total. The zero-order valence-corrected chi connectivity index (χ0v) is 9.65. The maximum absolute atomic E-state index is 12.5. The molecule has 88 valence electrons. The number of carbonyl (C=O) groups excluding carboxylic acids is 1. The number of hydrogen-bond acceptors (Lipinski definition) is 3. The van der Waals surface area contributed by atoms with Crippen LogP contribution in [0.5, 0.6) is 0 Å². The average Bonchev–Trinajstić information content (AvgIpc) is 2.26. The Morgan fingerprint density at radius 1 is 1.62 bits per heavy atom. The first kappa shape index (κ1) is 13.1. The highest BCUT2D eigenvalue weighted by molar-refractivity contribution is 6.34. The fourth-order valence-electron chi connectivity index (χ4n) is 1.11. The topological polar surface area (TPSA) is 39.2 Å². The summed E-state index contributed by atoms with van der Waals surface area (Å²) in [7, 11) is 1.12. The van der Waals surface area contributed by atoms with Gasteiger partial charge in [0.25, 0.3) is 6.43 Å². The molecule has 0 fully saturated rings. The number of halogens is 4. The van der Waals surface area contributed by atoms with Crippen molar-refractivity contribution in [2.24, 2.45) is 0 Å². The maximum Gasteiger partial charge on any atom is 0.339 e. The number of aromatic nitrogens is 1. The average molecular weight is 270 g/mol. The van der Waals surface area contributed by atoms with Gasteiger partial charge in [-0.1, -0.05) is 11.6 Å². The lowest BCUT2D eigenvalue weighted by Gasteiger charge is -2.10. The molecule has 0 aliphatic heterocycles. The quantitative estimate of drug-likeness (QED) is 0.625. The first-order valence-electron chi connectivity index (χ1n) is 4.12. The molecular formula is C9H7Cl2F2NO2. The Kier molecular flexibility index (Phi) is 4.44. The van der Waals surface area contributed by atoms with Crippen molar-refractivity contribution in [3.05, 3.63) is 28.0 Å². The Balaban J connectivity index is 3.40. The minimum atomic E-state index is -2.86. The third-order valence-corrected chi connectivity index (χ3v) is 2.54. The molecule has 1 aromatic heterocycles. The summed E-state index contributed by atoms with van der Waals surface area (Å²) in [5, 5.41) is -0.417. The van der Waals surface area contributed by atoms with Gasteiger partial charge < -0.3 is 4.74 Å². The lowest BCUT2D eigenvalue weighted by atomic mass is 10.1. The number of ether oxygens (including phenoxy) is 1. The van der Waals surface area contributed by atoms with Gasteiger partial charge in [0.15, 0.2) is 0 Å². The number of methoxy groups -OCH3 is 1. The minimum Gasteiger partial charge on any atom is -0.465 e. The molecule has 0 saturated carbocycles. The Labute approximate surface area is 100 Å². The van der Waals surface area contributed by atoms with Crippen LogP contribution >= 0.6 is 23.2 Å². The number of carbonyl (C=O) groups is 1. The molecule has 0 aromatic carbocycles. The monoisotopic (exact) mass is 269 g/mol. The van der Waals surface area contributed by atoms with Crippen LogP contribution < -0.4 is 0 Å². The number of pyridine rings is 1. The normalized spacial score (nSPS) is 10.6. The molecule has 0 aliphatic carbocycles. The van der Waals surface area contributed by atoms with E-state index in [0.29, 0.717) is 0 Å².